The quantitative estimate of drug-likeness (QED) is 0.751. The van der Waals surface area contributed by atoms with Gasteiger partial charge in [-0.15, -0.1) is 0 Å². The minimum Gasteiger partial charge on any atom is -0.342 e. The van der Waals surface area contributed by atoms with Gasteiger partial charge in [-0.3, -0.25) is 4.79 Å². The van der Waals surface area contributed by atoms with Crippen LogP contribution in [-0.2, 0) is 0 Å². The SMILES string of the molecule is CCN(c1ccc(F)cc1)c1ccc(C(C)=O)c(Cl)c1. The summed E-state index contributed by atoms with van der Waals surface area (Å²) >= 11 is 6.13. The molecule has 0 fully saturated rings. The molecule has 0 atom stereocenters. The molecule has 0 aliphatic carbocycles. The van der Waals surface area contributed by atoms with Crippen molar-refractivity contribution in [3.05, 3.63) is 58.9 Å². The molecule has 0 amide bonds. The van der Waals surface area contributed by atoms with E-state index in [2.05, 4.69) is 0 Å². The minimum atomic E-state index is -0.269. The van der Waals surface area contributed by atoms with Crippen molar-refractivity contribution in [1.29, 1.82) is 0 Å². The number of benzene rings is 2. The Morgan fingerprint density at radius 2 is 1.75 bits per heavy atom. The first-order valence-electron chi connectivity index (χ1n) is 6.36. The van der Waals surface area contributed by atoms with Crippen molar-refractivity contribution >= 4 is 28.8 Å². The van der Waals surface area contributed by atoms with Gasteiger partial charge in [0.25, 0.3) is 0 Å². The fraction of sp³-hybridized carbons (Fsp3) is 0.188. The Morgan fingerprint density at radius 3 is 2.25 bits per heavy atom. The van der Waals surface area contributed by atoms with E-state index in [0.29, 0.717) is 17.1 Å². The average molecular weight is 292 g/mol. The second-order valence-corrected chi connectivity index (χ2v) is 4.85. The molecule has 2 aromatic rings. The smallest absolute Gasteiger partial charge is 0.161 e. The Morgan fingerprint density at radius 1 is 1.15 bits per heavy atom. The minimum absolute atomic E-state index is 0.0635. The highest BCUT2D eigenvalue weighted by molar-refractivity contribution is 6.34. The van der Waals surface area contributed by atoms with Crippen LogP contribution >= 0.6 is 11.6 Å². The number of Topliss-reactive ketones (excluding diaryl/α,β-unsaturated/α-hetero) is 1. The first kappa shape index (κ1) is 14.5. The van der Waals surface area contributed by atoms with Crippen LogP contribution in [0.4, 0.5) is 15.8 Å². The van der Waals surface area contributed by atoms with Crippen molar-refractivity contribution in [1.82, 2.24) is 0 Å². The Balaban J connectivity index is 2.39. The van der Waals surface area contributed by atoms with Crippen LogP contribution in [0.5, 0.6) is 0 Å². The van der Waals surface area contributed by atoms with Gasteiger partial charge in [0.2, 0.25) is 0 Å². The molecule has 0 spiro atoms. The van der Waals surface area contributed by atoms with E-state index >= 15 is 0 Å². The Kier molecular flexibility index (Phi) is 4.40. The molecule has 2 aromatic carbocycles. The van der Waals surface area contributed by atoms with Gasteiger partial charge in [-0.25, -0.2) is 4.39 Å². The Hall–Kier alpha value is -1.87. The predicted octanol–water partition coefficient (Wildman–Crippen LogP) is 4.84. The van der Waals surface area contributed by atoms with E-state index in [9.17, 15) is 9.18 Å². The zero-order chi connectivity index (χ0) is 14.7. The van der Waals surface area contributed by atoms with E-state index < -0.39 is 0 Å². The number of ketones is 1. The molecule has 20 heavy (non-hydrogen) atoms. The van der Waals surface area contributed by atoms with Gasteiger partial charge in [0.1, 0.15) is 5.82 Å². The molecule has 4 heteroatoms. The maximum Gasteiger partial charge on any atom is 0.161 e. The molecule has 2 rings (SSSR count). The van der Waals surface area contributed by atoms with Crippen molar-refractivity contribution in [2.75, 3.05) is 11.4 Å². The number of carbonyl (C=O) groups is 1. The number of anilines is 2. The molecule has 0 N–H and O–H groups in total. The fourth-order valence-corrected chi connectivity index (χ4v) is 2.40. The van der Waals surface area contributed by atoms with Crippen LogP contribution in [0.1, 0.15) is 24.2 Å². The lowest BCUT2D eigenvalue weighted by Gasteiger charge is -2.23. The molecule has 0 heterocycles. The summed E-state index contributed by atoms with van der Waals surface area (Å²) in [6, 6.07) is 11.6. The number of hydrogen-bond donors (Lipinski definition) is 0. The van der Waals surface area contributed by atoms with Gasteiger partial charge in [0, 0.05) is 23.5 Å². The van der Waals surface area contributed by atoms with Gasteiger partial charge in [0.15, 0.2) is 5.78 Å². The summed E-state index contributed by atoms with van der Waals surface area (Å²) in [5, 5.41) is 0.426. The average Bonchev–Trinajstić information content (AvgIpc) is 2.41. The van der Waals surface area contributed by atoms with E-state index in [-0.39, 0.29) is 11.6 Å². The summed E-state index contributed by atoms with van der Waals surface area (Å²) in [4.78, 5) is 13.4. The lowest BCUT2D eigenvalue weighted by atomic mass is 10.1. The first-order valence-corrected chi connectivity index (χ1v) is 6.74. The van der Waals surface area contributed by atoms with Crippen LogP contribution in [0, 0.1) is 5.82 Å². The van der Waals surface area contributed by atoms with Crippen LogP contribution in [0.3, 0.4) is 0 Å². The van der Waals surface area contributed by atoms with E-state index in [1.54, 1.807) is 24.3 Å². The van der Waals surface area contributed by atoms with Crippen LogP contribution < -0.4 is 4.90 Å². The molecule has 0 aliphatic rings. The monoisotopic (exact) mass is 291 g/mol. The standard InChI is InChI=1S/C16H15ClFNO/c1-3-19(13-6-4-12(18)5-7-13)14-8-9-15(11(2)20)16(17)10-14/h4-10H,3H2,1-2H3. The zero-order valence-electron chi connectivity index (χ0n) is 11.4. The summed E-state index contributed by atoms with van der Waals surface area (Å²) in [7, 11) is 0. The fourth-order valence-electron chi connectivity index (χ4n) is 2.09. The topological polar surface area (TPSA) is 20.3 Å². The predicted molar refractivity (Wildman–Crippen MR) is 80.5 cm³/mol. The summed E-state index contributed by atoms with van der Waals surface area (Å²) in [6.45, 7) is 4.19. The van der Waals surface area contributed by atoms with Crippen molar-refractivity contribution in [2.45, 2.75) is 13.8 Å². The molecular formula is C16H15ClFNO. The third-order valence-corrected chi connectivity index (χ3v) is 3.41. The summed E-state index contributed by atoms with van der Waals surface area (Å²) in [6.07, 6.45) is 0. The zero-order valence-corrected chi connectivity index (χ0v) is 12.1. The highest BCUT2D eigenvalue weighted by Crippen LogP contribution is 2.29. The van der Waals surface area contributed by atoms with Gasteiger partial charge in [-0.1, -0.05) is 11.6 Å². The van der Waals surface area contributed by atoms with Crippen molar-refractivity contribution in [2.24, 2.45) is 0 Å². The van der Waals surface area contributed by atoms with Gasteiger partial charge >= 0.3 is 0 Å². The van der Waals surface area contributed by atoms with Crippen LogP contribution in [-0.4, -0.2) is 12.3 Å². The molecule has 0 saturated carbocycles. The number of carbonyl (C=O) groups excluding carboxylic acids is 1. The van der Waals surface area contributed by atoms with E-state index in [1.165, 1.54) is 19.1 Å². The molecular weight excluding hydrogens is 277 g/mol. The van der Waals surface area contributed by atoms with E-state index in [1.807, 2.05) is 17.9 Å². The van der Waals surface area contributed by atoms with Crippen LogP contribution in [0.2, 0.25) is 5.02 Å². The molecule has 0 radical (unpaired) electrons. The number of hydrogen-bond acceptors (Lipinski definition) is 2. The third kappa shape index (κ3) is 2.99. The second-order valence-electron chi connectivity index (χ2n) is 4.44. The lowest BCUT2D eigenvalue weighted by molar-refractivity contribution is 0.101. The number of halogens is 2. The van der Waals surface area contributed by atoms with Gasteiger partial charge in [-0.2, -0.15) is 0 Å². The second kappa shape index (κ2) is 6.06. The summed E-state index contributed by atoms with van der Waals surface area (Å²) in [5.74, 6) is -0.332. The highest BCUT2D eigenvalue weighted by atomic mass is 35.5. The van der Waals surface area contributed by atoms with Crippen molar-refractivity contribution in [3.8, 4) is 0 Å². The van der Waals surface area contributed by atoms with Crippen molar-refractivity contribution in [3.63, 3.8) is 0 Å². The molecule has 0 bridgehead atoms. The molecule has 0 saturated heterocycles. The van der Waals surface area contributed by atoms with Crippen LogP contribution in [0.25, 0.3) is 0 Å². The Labute approximate surface area is 122 Å². The van der Waals surface area contributed by atoms with Gasteiger partial charge in [-0.05, 0) is 56.3 Å². The molecule has 0 aliphatic heterocycles. The third-order valence-electron chi connectivity index (χ3n) is 3.10. The summed E-state index contributed by atoms with van der Waals surface area (Å²) < 4.78 is 13.0. The van der Waals surface area contributed by atoms with Gasteiger partial charge in [0.05, 0.1) is 5.02 Å². The maximum atomic E-state index is 13.0. The normalized spacial score (nSPS) is 10.4. The number of rotatable bonds is 4. The largest absolute Gasteiger partial charge is 0.342 e. The molecule has 104 valence electrons. The Bertz CT molecular complexity index is 625. The first-order chi connectivity index (χ1) is 9.52. The van der Waals surface area contributed by atoms with Crippen LogP contribution in [0.15, 0.2) is 42.5 Å². The number of nitrogens with zero attached hydrogens (tertiary/aromatic N) is 1. The maximum absolute atomic E-state index is 13.0. The van der Waals surface area contributed by atoms with Crippen molar-refractivity contribution < 1.29 is 9.18 Å². The molecule has 0 aromatic heterocycles. The molecule has 0 unspecified atom stereocenters. The highest BCUT2D eigenvalue weighted by Gasteiger charge is 2.11. The van der Waals surface area contributed by atoms with Gasteiger partial charge < -0.3 is 4.90 Å². The lowest BCUT2D eigenvalue weighted by Crippen LogP contribution is -2.16. The van der Waals surface area contributed by atoms with E-state index in [0.717, 1.165) is 11.4 Å². The summed E-state index contributed by atoms with van der Waals surface area (Å²) in [5.41, 5.74) is 2.25. The van der Waals surface area contributed by atoms with E-state index in [4.69, 9.17) is 11.6 Å². The molecule has 2 nitrogen and oxygen atoms in total.